The number of hydrogen-bond acceptors (Lipinski definition) is 5. The number of carbonyl (C=O) groups excluding carboxylic acids is 1. The van der Waals surface area contributed by atoms with Crippen molar-refractivity contribution >= 4 is 15.9 Å². The van der Waals surface area contributed by atoms with Crippen LogP contribution in [0.5, 0.6) is 0 Å². The first-order valence-electron chi connectivity index (χ1n) is 13.5. The summed E-state index contributed by atoms with van der Waals surface area (Å²) < 4.78 is 53.5. The van der Waals surface area contributed by atoms with Crippen LogP contribution in [0, 0.1) is 23.5 Å². The first-order valence-corrected chi connectivity index (χ1v) is 15.3. The fourth-order valence-corrected chi connectivity index (χ4v) is 7.18. The van der Waals surface area contributed by atoms with Gasteiger partial charge in [0.1, 0.15) is 11.6 Å². The molecule has 1 aliphatic heterocycles. The molecule has 4 atom stereocenters. The van der Waals surface area contributed by atoms with Gasteiger partial charge in [0, 0.05) is 38.2 Å². The number of amides is 1. The summed E-state index contributed by atoms with van der Waals surface area (Å²) in [6.07, 6.45) is 1.67. The van der Waals surface area contributed by atoms with E-state index < -0.39 is 39.3 Å². The highest BCUT2D eigenvalue weighted by Crippen LogP contribution is 2.49. The molecule has 4 unspecified atom stereocenters. The lowest BCUT2D eigenvalue weighted by atomic mass is 9.84. The van der Waals surface area contributed by atoms with Crippen LogP contribution in [0.1, 0.15) is 56.2 Å². The van der Waals surface area contributed by atoms with Crippen LogP contribution in [0.4, 0.5) is 8.78 Å². The Kier molecular flexibility index (Phi) is 8.80. The second-order valence-electron chi connectivity index (χ2n) is 11.6. The van der Waals surface area contributed by atoms with Gasteiger partial charge in [0.15, 0.2) is 0 Å². The van der Waals surface area contributed by atoms with Gasteiger partial charge >= 0.3 is 0 Å². The molecule has 4 rings (SSSR count). The third kappa shape index (κ3) is 7.03. The van der Waals surface area contributed by atoms with Crippen LogP contribution < -0.4 is 10.6 Å². The summed E-state index contributed by atoms with van der Waals surface area (Å²) in [7, 11) is -3.27. The summed E-state index contributed by atoms with van der Waals surface area (Å²) in [4.78, 5) is 11.9. The van der Waals surface area contributed by atoms with Crippen molar-refractivity contribution in [2.24, 2.45) is 11.8 Å². The summed E-state index contributed by atoms with van der Waals surface area (Å²) in [6.45, 7) is 6.67. The molecule has 1 heterocycles. The average molecular weight is 564 g/mol. The highest BCUT2D eigenvalue weighted by molar-refractivity contribution is 7.88. The Morgan fingerprint density at radius 3 is 2.26 bits per heavy atom. The Morgan fingerprint density at radius 2 is 1.72 bits per heavy atom. The molecule has 1 saturated heterocycles. The minimum absolute atomic E-state index is 0.0571. The summed E-state index contributed by atoms with van der Waals surface area (Å²) in [5.74, 6) is -1.12. The van der Waals surface area contributed by atoms with E-state index >= 15 is 0 Å². The number of rotatable bonds is 10. The molecule has 2 aromatic carbocycles. The normalized spacial score (nSPS) is 25.0. The summed E-state index contributed by atoms with van der Waals surface area (Å²) in [5, 5.41) is 17.6. The summed E-state index contributed by atoms with van der Waals surface area (Å²) >= 11 is 0. The van der Waals surface area contributed by atoms with E-state index in [0.29, 0.717) is 37.4 Å². The van der Waals surface area contributed by atoms with Crippen LogP contribution in [-0.4, -0.2) is 61.8 Å². The SMILES string of the molecule is CC(=O)NC(Cc1cc(F)cc(F)c1)C(O)CNC1(c2cccc(C(C)C)c2)CC2CN(S(C)(=O)=O)CC2C1. The van der Waals surface area contributed by atoms with Gasteiger partial charge in [-0.15, -0.1) is 0 Å². The molecule has 0 spiro atoms. The molecule has 1 amide bonds. The van der Waals surface area contributed by atoms with Gasteiger partial charge in [-0.2, -0.15) is 0 Å². The predicted octanol–water partition coefficient (Wildman–Crippen LogP) is 3.28. The highest BCUT2D eigenvalue weighted by atomic mass is 32.2. The van der Waals surface area contributed by atoms with Crippen molar-refractivity contribution in [1.29, 1.82) is 0 Å². The van der Waals surface area contributed by atoms with Crippen molar-refractivity contribution in [3.63, 3.8) is 0 Å². The Morgan fingerprint density at radius 1 is 1.10 bits per heavy atom. The molecule has 0 aromatic heterocycles. The van der Waals surface area contributed by atoms with Crippen molar-refractivity contribution < 1.29 is 27.1 Å². The van der Waals surface area contributed by atoms with E-state index in [1.54, 1.807) is 4.31 Å². The number of benzene rings is 2. The smallest absolute Gasteiger partial charge is 0.217 e. The number of halogens is 2. The Labute approximate surface area is 230 Å². The lowest BCUT2D eigenvalue weighted by molar-refractivity contribution is -0.120. The molecule has 1 aliphatic carbocycles. The Bertz CT molecular complexity index is 1270. The average Bonchev–Trinajstić information content (AvgIpc) is 3.39. The zero-order valence-corrected chi connectivity index (χ0v) is 23.8. The minimum atomic E-state index is -3.27. The number of aliphatic hydroxyl groups is 1. The van der Waals surface area contributed by atoms with Gasteiger partial charge in [-0.25, -0.2) is 21.5 Å². The van der Waals surface area contributed by atoms with Crippen LogP contribution >= 0.6 is 0 Å². The van der Waals surface area contributed by atoms with Crippen LogP contribution in [0.25, 0.3) is 0 Å². The zero-order chi connectivity index (χ0) is 28.5. The molecule has 3 N–H and O–H groups in total. The molecular weight excluding hydrogens is 524 g/mol. The summed E-state index contributed by atoms with van der Waals surface area (Å²) in [5.41, 5.74) is 2.12. The van der Waals surface area contributed by atoms with E-state index in [1.807, 2.05) is 6.07 Å². The number of aliphatic hydroxyl groups excluding tert-OH is 1. The van der Waals surface area contributed by atoms with Gasteiger partial charge < -0.3 is 15.7 Å². The highest BCUT2D eigenvalue weighted by Gasteiger charge is 2.51. The van der Waals surface area contributed by atoms with Crippen LogP contribution in [0.2, 0.25) is 0 Å². The quantitative estimate of drug-likeness (QED) is 0.412. The summed E-state index contributed by atoms with van der Waals surface area (Å²) in [6, 6.07) is 10.8. The van der Waals surface area contributed by atoms with Gasteiger partial charge in [-0.1, -0.05) is 38.1 Å². The van der Waals surface area contributed by atoms with Crippen molar-refractivity contribution in [2.45, 2.75) is 63.6 Å². The van der Waals surface area contributed by atoms with Crippen molar-refractivity contribution in [3.8, 4) is 0 Å². The second-order valence-corrected chi connectivity index (χ2v) is 13.6. The lowest BCUT2D eigenvalue weighted by Crippen LogP contribution is -2.52. The minimum Gasteiger partial charge on any atom is -0.390 e. The molecule has 10 heteroatoms. The number of carbonyl (C=O) groups is 1. The van der Waals surface area contributed by atoms with E-state index in [1.165, 1.54) is 30.9 Å². The van der Waals surface area contributed by atoms with Crippen molar-refractivity contribution in [2.75, 3.05) is 25.9 Å². The lowest BCUT2D eigenvalue weighted by Gasteiger charge is -2.36. The molecule has 39 heavy (non-hydrogen) atoms. The Hall–Kier alpha value is -2.40. The molecule has 0 radical (unpaired) electrons. The maximum atomic E-state index is 13.8. The second kappa shape index (κ2) is 11.6. The molecule has 2 aliphatic rings. The predicted molar refractivity (Wildman–Crippen MR) is 147 cm³/mol. The van der Waals surface area contributed by atoms with Gasteiger partial charge in [-0.05, 0) is 65.8 Å². The van der Waals surface area contributed by atoms with E-state index in [-0.39, 0.29) is 30.7 Å². The third-order valence-corrected chi connectivity index (χ3v) is 9.46. The van der Waals surface area contributed by atoms with Gasteiger partial charge in [0.05, 0.1) is 18.4 Å². The maximum Gasteiger partial charge on any atom is 0.217 e. The topological polar surface area (TPSA) is 98.7 Å². The molecule has 214 valence electrons. The maximum absolute atomic E-state index is 13.8. The van der Waals surface area contributed by atoms with Gasteiger partial charge in [0.25, 0.3) is 0 Å². The number of nitrogens with zero attached hydrogens (tertiary/aromatic N) is 1. The molecule has 1 saturated carbocycles. The largest absolute Gasteiger partial charge is 0.390 e. The first kappa shape index (κ1) is 29.6. The molecule has 7 nitrogen and oxygen atoms in total. The van der Waals surface area contributed by atoms with Crippen molar-refractivity contribution in [1.82, 2.24) is 14.9 Å². The standard InChI is InChI=1S/C29H39F2N3O4S/c1-18(2)21-6-5-7-24(11-21)29(13-22-16-34(39(4,37)38)17-23(22)14-29)32-15-28(36)27(33-19(3)35)10-20-8-25(30)12-26(31)9-20/h5-9,11-12,18,22-23,27-28,32,36H,10,13-17H2,1-4H3,(H,33,35). The number of nitrogens with one attached hydrogen (secondary N) is 2. The molecule has 0 bridgehead atoms. The van der Waals surface area contributed by atoms with Gasteiger partial charge in [-0.3, -0.25) is 4.79 Å². The third-order valence-electron chi connectivity index (χ3n) is 8.22. The molecular formula is C29H39F2N3O4S. The van der Waals surface area contributed by atoms with E-state index in [9.17, 15) is 27.1 Å². The van der Waals surface area contributed by atoms with Crippen molar-refractivity contribution in [3.05, 3.63) is 70.8 Å². The molecule has 2 aromatic rings. The zero-order valence-electron chi connectivity index (χ0n) is 23.0. The fourth-order valence-electron chi connectivity index (χ4n) is 6.25. The van der Waals surface area contributed by atoms with E-state index in [2.05, 4.69) is 42.7 Å². The Balaban J connectivity index is 1.57. The van der Waals surface area contributed by atoms with Crippen LogP contribution in [0.15, 0.2) is 42.5 Å². The van der Waals surface area contributed by atoms with E-state index in [4.69, 9.17) is 0 Å². The van der Waals surface area contributed by atoms with Crippen LogP contribution in [0.3, 0.4) is 0 Å². The monoisotopic (exact) mass is 563 g/mol. The van der Waals surface area contributed by atoms with E-state index in [0.717, 1.165) is 11.6 Å². The number of hydrogen-bond donors (Lipinski definition) is 3. The first-order chi connectivity index (χ1) is 18.3. The number of fused-ring (bicyclic) bond motifs is 1. The molecule has 2 fully saturated rings. The number of sulfonamides is 1. The van der Waals surface area contributed by atoms with Crippen LogP contribution in [-0.2, 0) is 26.8 Å². The van der Waals surface area contributed by atoms with Gasteiger partial charge in [0.2, 0.25) is 15.9 Å². The fraction of sp³-hybridized carbons (Fsp3) is 0.552.